The summed E-state index contributed by atoms with van der Waals surface area (Å²) in [6.45, 7) is 4.20. The number of rotatable bonds is 6. The fraction of sp³-hybridized carbons (Fsp3) is 0.583. The largest absolute Gasteiger partial charge is 0.466 e. The van der Waals surface area contributed by atoms with Crippen molar-refractivity contribution in [2.45, 2.75) is 39.2 Å². The maximum Gasteiger partial charge on any atom is 0.323 e. The number of furan rings is 1. The molecule has 0 fully saturated rings. The fourth-order valence-electron chi connectivity index (χ4n) is 1.46. The van der Waals surface area contributed by atoms with Crippen molar-refractivity contribution in [1.82, 2.24) is 0 Å². The van der Waals surface area contributed by atoms with Gasteiger partial charge in [-0.1, -0.05) is 6.92 Å². The van der Waals surface area contributed by atoms with Crippen molar-refractivity contribution >= 4 is 5.97 Å². The van der Waals surface area contributed by atoms with Gasteiger partial charge in [-0.05, 0) is 25.5 Å². The standard InChI is InChI=1S/C12H19NO3/c1-3-5-9-6-7-10(16-9)8-11(13)12(14)15-4-2/h6-7,11H,3-5,8,13H2,1-2H3. The molecule has 0 spiro atoms. The molecule has 0 saturated heterocycles. The molecule has 1 atom stereocenters. The molecule has 0 bridgehead atoms. The average molecular weight is 225 g/mol. The van der Waals surface area contributed by atoms with Crippen molar-refractivity contribution in [1.29, 1.82) is 0 Å². The molecule has 2 N–H and O–H groups in total. The lowest BCUT2D eigenvalue weighted by Crippen LogP contribution is -2.34. The SMILES string of the molecule is CCCc1ccc(CC(N)C(=O)OCC)o1. The predicted octanol–water partition coefficient (Wildman–Crippen LogP) is 1.67. The summed E-state index contributed by atoms with van der Waals surface area (Å²) in [5, 5.41) is 0. The molecule has 4 nitrogen and oxygen atoms in total. The molecule has 4 heteroatoms. The molecular weight excluding hydrogens is 206 g/mol. The number of carbonyl (C=O) groups is 1. The van der Waals surface area contributed by atoms with Gasteiger partial charge in [0.15, 0.2) is 0 Å². The van der Waals surface area contributed by atoms with E-state index in [9.17, 15) is 4.79 Å². The van der Waals surface area contributed by atoms with Crippen LogP contribution in [0.3, 0.4) is 0 Å². The van der Waals surface area contributed by atoms with Gasteiger partial charge in [0.2, 0.25) is 0 Å². The van der Waals surface area contributed by atoms with Gasteiger partial charge in [0.05, 0.1) is 6.61 Å². The van der Waals surface area contributed by atoms with Crippen molar-refractivity contribution in [2.75, 3.05) is 6.61 Å². The monoisotopic (exact) mass is 225 g/mol. The molecule has 0 aromatic carbocycles. The second kappa shape index (κ2) is 6.33. The Morgan fingerprint density at radius 2 is 2.12 bits per heavy atom. The van der Waals surface area contributed by atoms with Crippen LogP contribution in [0.15, 0.2) is 16.5 Å². The Kier molecular flexibility index (Phi) is 5.05. The Bertz CT molecular complexity index is 333. The normalized spacial score (nSPS) is 12.4. The molecule has 0 saturated carbocycles. The van der Waals surface area contributed by atoms with Gasteiger partial charge in [0, 0.05) is 12.8 Å². The van der Waals surface area contributed by atoms with E-state index in [0.717, 1.165) is 24.4 Å². The predicted molar refractivity (Wildman–Crippen MR) is 61.0 cm³/mol. The van der Waals surface area contributed by atoms with Crippen LogP contribution in [0.5, 0.6) is 0 Å². The van der Waals surface area contributed by atoms with Gasteiger partial charge in [-0.25, -0.2) is 0 Å². The zero-order valence-corrected chi connectivity index (χ0v) is 9.86. The van der Waals surface area contributed by atoms with Crippen LogP contribution >= 0.6 is 0 Å². The van der Waals surface area contributed by atoms with Gasteiger partial charge in [-0.3, -0.25) is 4.79 Å². The first-order valence-electron chi connectivity index (χ1n) is 5.67. The van der Waals surface area contributed by atoms with E-state index in [0.29, 0.717) is 13.0 Å². The highest BCUT2D eigenvalue weighted by molar-refractivity contribution is 5.75. The van der Waals surface area contributed by atoms with Gasteiger partial charge in [-0.2, -0.15) is 0 Å². The molecular formula is C12H19NO3. The highest BCUT2D eigenvalue weighted by atomic mass is 16.5. The molecule has 0 amide bonds. The zero-order chi connectivity index (χ0) is 12.0. The molecule has 0 aliphatic carbocycles. The number of aryl methyl sites for hydroxylation is 1. The topological polar surface area (TPSA) is 65.5 Å². The molecule has 90 valence electrons. The van der Waals surface area contributed by atoms with E-state index in [-0.39, 0.29) is 5.97 Å². The van der Waals surface area contributed by atoms with Gasteiger partial charge in [0.25, 0.3) is 0 Å². The van der Waals surface area contributed by atoms with E-state index in [1.807, 2.05) is 12.1 Å². The van der Waals surface area contributed by atoms with Crippen molar-refractivity contribution in [3.8, 4) is 0 Å². The minimum Gasteiger partial charge on any atom is -0.466 e. The molecule has 0 radical (unpaired) electrons. The van der Waals surface area contributed by atoms with E-state index in [4.69, 9.17) is 14.9 Å². The number of hydrogen-bond donors (Lipinski definition) is 1. The van der Waals surface area contributed by atoms with E-state index in [1.54, 1.807) is 6.92 Å². The second-order valence-corrected chi connectivity index (χ2v) is 3.68. The van der Waals surface area contributed by atoms with Gasteiger partial charge < -0.3 is 14.9 Å². The molecule has 1 heterocycles. The summed E-state index contributed by atoms with van der Waals surface area (Å²) in [6.07, 6.45) is 2.34. The Balaban J connectivity index is 2.48. The summed E-state index contributed by atoms with van der Waals surface area (Å²) in [7, 11) is 0. The zero-order valence-electron chi connectivity index (χ0n) is 9.86. The van der Waals surface area contributed by atoms with Gasteiger partial charge >= 0.3 is 5.97 Å². The van der Waals surface area contributed by atoms with E-state index >= 15 is 0 Å². The van der Waals surface area contributed by atoms with Crippen LogP contribution < -0.4 is 5.73 Å². The van der Waals surface area contributed by atoms with Crippen LogP contribution in [0, 0.1) is 0 Å². The number of ether oxygens (including phenoxy) is 1. The maximum atomic E-state index is 11.3. The first-order chi connectivity index (χ1) is 7.67. The summed E-state index contributed by atoms with van der Waals surface area (Å²) in [6, 6.07) is 3.15. The first kappa shape index (κ1) is 12.8. The maximum absolute atomic E-state index is 11.3. The Hall–Kier alpha value is -1.29. The van der Waals surface area contributed by atoms with E-state index in [2.05, 4.69) is 6.92 Å². The molecule has 0 aliphatic heterocycles. The average Bonchev–Trinajstić information content (AvgIpc) is 2.66. The lowest BCUT2D eigenvalue weighted by atomic mass is 10.2. The van der Waals surface area contributed by atoms with Crippen LogP contribution in [0.25, 0.3) is 0 Å². The second-order valence-electron chi connectivity index (χ2n) is 3.68. The third kappa shape index (κ3) is 3.70. The summed E-state index contributed by atoms with van der Waals surface area (Å²) in [5.41, 5.74) is 5.68. The van der Waals surface area contributed by atoms with Crippen molar-refractivity contribution in [3.63, 3.8) is 0 Å². The van der Waals surface area contributed by atoms with Crippen LogP contribution in [0.1, 0.15) is 31.8 Å². The lowest BCUT2D eigenvalue weighted by molar-refractivity contribution is -0.144. The Morgan fingerprint density at radius 1 is 1.44 bits per heavy atom. The number of carbonyl (C=O) groups excluding carboxylic acids is 1. The summed E-state index contributed by atoms with van der Waals surface area (Å²) < 4.78 is 10.4. The van der Waals surface area contributed by atoms with Crippen LogP contribution in [-0.2, 0) is 22.4 Å². The highest BCUT2D eigenvalue weighted by Crippen LogP contribution is 2.11. The number of esters is 1. The smallest absolute Gasteiger partial charge is 0.323 e. The molecule has 1 unspecified atom stereocenters. The first-order valence-corrected chi connectivity index (χ1v) is 5.67. The van der Waals surface area contributed by atoms with Crippen molar-refractivity contribution in [2.24, 2.45) is 5.73 Å². The molecule has 16 heavy (non-hydrogen) atoms. The van der Waals surface area contributed by atoms with Crippen LogP contribution in [0.4, 0.5) is 0 Å². The molecule has 1 aromatic heterocycles. The lowest BCUT2D eigenvalue weighted by Gasteiger charge is -2.08. The Labute approximate surface area is 95.8 Å². The van der Waals surface area contributed by atoms with Gasteiger partial charge in [-0.15, -0.1) is 0 Å². The third-order valence-electron chi connectivity index (χ3n) is 2.22. The highest BCUT2D eigenvalue weighted by Gasteiger charge is 2.16. The molecule has 1 aromatic rings. The molecule has 1 rings (SSSR count). The summed E-state index contributed by atoms with van der Waals surface area (Å²) in [5.74, 6) is 1.30. The van der Waals surface area contributed by atoms with E-state index in [1.165, 1.54) is 0 Å². The van der Waals surface area contributed by atoms with Crippen molar-refractivity contribution in [3.05, 3.63) is 23.7 Å². The number of hydrogen-bond acceptors (Lipinski definition) is 4. The van der Waals surface area contributed by atoms with Crippen molar-refractivity contribution < 1.29 is 13.9 Å². The summed E-state index contributed by atoms with van der Waals surface area (Å²) in [4.78, 5) is 11.3. The van der Waals surface area contributed by atoms with Crippen LogP contribution in [-0.4, -0.2) is 18.6 Å². The van der Waals surface area contributed by atoms with Crippen LogP contribution in [0.2, 0.25) is 0 Å². The minimum absolute atomic E-state index is 0.353. The third-order valence-corrected chi connectivity index (χ3v) is 2.22. The van der Waals surface area contributed by atoms with Gasteiger partial charge in [0.1, 0.15) is 17.6 Å². The van der Waals surface area contributed by atoms with E-state index < -0.39 is 6.04 Å². The Morgan fingerprint density at radius 3 is 2.75 bits per heavy atom. The fourth-order valence-corrected chi connectivity index (χ4v) is 1.46. The number of nitrogens with two attached hydrogens (primary N) is 1. The molecule has 0 aliphatic rings. The quantitative estimate of drug-likeness (QED) is 0.748. The summed E-state index contributed by atoms with van der Waals surface area (Å²) >= 11 is 0. The minimum atomic E-state index is -0.638.